The van der Waals surface area contributed by atoms with E-state index in [1.807, 2.05) is 0 Å². The second-order valence-corrected chi connectivity index (χ2v) is 3.65. The first-order valence-corrected chi connectivity index (χ1v) is 4.52. The minimum absolute atomic E-state index is 0.512. The molecule has 0 aliphatic heterocycles. The van der Waals surface area contributed by atoms with E-state index in [2.05, 4.69) is 0 Å². The Labute approximate surface area is 69.1 Å². The van der Waals surface area contributed by atoms with Crippen molar-refractivity contribution in [2.75, 3.05) is 20.3 Å². The summed E-state index contributed by atoms with van der Waals surface area (Å²) in [5.74, 6) is 0. The highest BCUT2D eigenvalue weighted by atomic mass is 16.5. The Bertz CT molecular complexity index is 105. The molecule has 2 nitrogen and oxygen atoms in total. The zero-order valence-electron chi connectivity index (χ0n) is 7.44. The first kappa shape index (κ1) is 9.01. The van der Waals surface area contributed by atoms with E-state index < -0.39 is 0 Å². The highest BCUT2D eigenvalue weighted by Crippen LogP contribution is 2.43. The van der Waals surface area contributed by atoms with Crippen LogP contribution in [0.3, 0.4) is 0 Å². The van der Waals surface area contributed by atoms with Crippen molar-refractivity contribution in [2.45, 2.75) is 32.1 Å². The van der Waals surface area contributed by atoms with Crippen LogP contribution in [0.5, 0.6) is 0 Å². The molecule has 0 amide bonds. The molecule has 2 heteroatoms. The topological polar surface area (TPSA) is 35.2 Å². The molecule has 0 saturated heterocycles. The van der Waals surface area contributed by atoms with E-state index >= 15 is 0 Å². The lowest BCUT2D eigenvalue weighted by Crippen LogP contribution is -2.37. The molecule has 1 aliphatic rings. The molecule has 1 fully saturated rings. The molecule has 0 aromatic carbocycles. The van der Waals surface area contributed by atoms with E-state index in [1.165, 1.54) is 32.1 Å². The third-order valence-electron chi connectivity index (χ3n) is 2.90. The summed E-state index contributed by atoms with van der Waals surface area (Å²) in [6.45, 7) is 1.76. The maximum atomic E-state index is 5.71. The van der Waals surface area contributed by atoms with Crippen LogP contribution in [0.15, 0.2) is 0 Å². The molecule has 11 heavy (non-hydrogen) atoms. The maximum absolute atomic E-state index is 5.71. The van der Waals surface area contributed by atoms with Crippen LogP contribution in [0.1, 0.15) is 32.1 Å². The second-order valence-electron chi connectivity index (χ2n) is 3.65. The van der Waals surface area contributed by atoms with Gasteiger partial charge in [-0.1, -0.05) is 6.42 Å². The van der Waals surface area contributed by atoms with E-state index in [1.54, 1.807) is 7.11 Å². The third kappa shape index (κ3) is 2.17. The molecule has 0 aromatic rings. The van der Waals surface area contributed by atoms with Crippen LogP contribution in [0.4, 0.5) is 0 Å². The molecular weight excluding hydrogens is 138 g/mol. The molecule has 2 N–H and O–H groups in total. The fourth-order valence-electron chi connectivity index (χ4n) is 1.82. The van der Waals surface area contributed by atoms with Crippen molar-refractivity contribution in [3.05, 3.63) is 0 Å². The number of nitrogens with two attached hydrogens (primary N) is 1. The van der Waals surface area contributed by atoms with Gasteiger partial charge >= 0.3 is 0 Å². The Hall–Kier alpha value is -0.0800. The predicted octanol–water partition coefficient (Wildman–Crippen LogP) is 1.54. The highest BCUT2D eigenvalue weighted by molar-refractivity contribution is 4.88. The van der Waals surface area contributed by atoms with Crippen molar-refractivity contribution in [1.82, 2.24) is 0 Å². The summed E-state index contributed by atoms with van der Waals surface area (Å²) in [5, 5.41) is 0. The van der Waals surface area contributed by atoms with Crippen LogP contribution >= 0.6 is 0 Å². The van der Waals surface area contributed by atoms with Crippen LogP contribution < -0.4 is 5.73 Å². The van der Waals surface area contributed by atoms with E-state index in [4.69, 9.17) is 10.5 Å². The summed E-state index contributed by atoms with van der Waals surface area (Å²) < 4.78 is 5.01. The normalized spacial score (nSPS) is 21.3. The lowest BCUT2D eigenvalue weighted by molar-refractivity contribution is 0.105. The molecule has 66 valence electrons. The predicted molar refractivity (Wildman–Crippen MR) is 46.4 cm³/mol. The van der Waals surface area contributed by atoms with E-state index in [0.717, 1.165) is 13.2 Å². The zero-order valence-corrected chi connectivity index (χ0v) is 7.44. The standard InChI is InChI=1S/C9H19NO/c1-11-7-3-6-9(8-10)4-2-5-9/h2-8,10H2,1H3. The minimum atomic E-state index is 0.512. The summed E-state index contributed by atoms with van der Waals surface area (Å²) in [5.41, 5.74) is 6.22. The van der Waals surface area contributed by atoms with E-state index in [-0.39, 0.29) is 0 Å². The van der Waals surface area contributed by atoms with Crippen LogP contribution in [-0.4, -0.2) is 20.3 Å². The number of ether oxygens (including phenoxy) is 1. The fourth-order valence-corrected chi connectivity index (χ4v) is 1.82. The lowest BCUT2D eigenvalue weighted by Gasteiger charge is -2.41. The summed E-state index contributed by atoms with van der Waals surface area (Å²) in [4.78, 5) is 0. The lowest BCUT2D eigenvalue weighted by atomic mass is 9.66. The monoisotopic (exact) mass is 157 g/mol. The SMILES string of the molecule is COCCCC1(CN)CCC1. The van der Waals surface area contributed by atoms with Crippen LogP contribution in [0.2, 0.25) is 0 Å². The van der Waals surface area contributed by atoms with Crippen molar-refractivity contribution in [1.29, 1.82) is 0 Å². The molecule has 0 atom stereocenters. The maximum Gasteiger partial charge on any atom is 0.0462 e. The van der Waals surface area contributed by atoms with Gasteiger partial charge in [-0.2, -0.15) is 0 Å². The van der Waals surface area contributed by atoms with E-state index in [0.29, 0.717) is 5.41 Å². The van der Waals surface area contributed by atoms with Crippen molar-refractivity contribution >= 4 is 0 Å². The molecule has 1 saturated carbocycles. The molecule has 0 unspecified atom stereocenters. The van der Waals surface area contributed by atoms with Gasteiger partial charge in [0.25, 0.3) is 0 Å². The zero-order chi connectivity index (χ0) is 8.16. The average Bonchev–Trinajstić information content (AvgIpc) is 1.95. The first-order chi connectivity index (χ1) is 5.33. The Morgan fingerprint density at radius 1 is 1.45 bits per heavy atom. The van der Waals surface area contributed by atoms with Gasteiger partial charge < -0.3 is 10.5 Å². The smallest absolute Gasteiger partial charge is 0.0462 e. The third-order valence-corrected chi connectivity index (χ3v) is 2.90. The Kier molecular flexibility index (Phi) is 3.34. The van der Waals surface area contributed by atoms with E-state index in [9.17, 15) is 0 Å². The molecule has 0 aromatic heterocycles. The fraction of sp³-hybridized carbons (Fsp3) is 1.00. The summed E-state index contributed by atoms with van der Waals surface area (Å²) >= 11 is 0. The van der Waals surface area contributed by atoms with Gasteiger partial charge in [0.05, 0.1) is 0 Å². The molecular formula is C9H19NO. The number of hydrogen-bond acceptors (Lipinski definition) is 2. The molecule has 0 heterocycles. The van der Waals surface area contributed by atoms with Gasteiger partial charge in [-0.25, -0.2) is 0 Å². The van der Waals surface area contributed by atoms with Crippen molar-refractivity contribution in [3.8, 4) is 0 Å². The van der Waals surface area contributed by atoms with Gasteiger partial charge in [0.15, 0.2) is 0 Å². The van der Waals surface area contributed by atoms with Crippen LogP contribution in [0, 0.1) is 5.41 Å². The molecule has 0 spiro atoms. The molecule has 0 bridgehead atoms. The quantitative estimate of drug-likeness (QED) is 0.614. The average molecular weight is 157 g/mol. The van der Waals surface area contributed by atoms with Gasteiger partial charge in [0, 0.05) is 13.7 Å². The highest BCUT2D eigenvalue weighted by Gasteiger charge is 2.34. The van der Waals surface area contributed by atoms with Crippen LogP contribution in [0.25, 0.3) is 0 Å². The largest absolute Gasteiger partial charge is 0.385 e. The number of hydrogen-bond donors (Lipinski definition) is 1. The Morgan fingerprint density at radius 2 is 2.18 bits per heavy atom. The Balaban J connectivity index is 2.11. The molecule has 0 radical (unpaired) electrons. The number of methoxy groups -OCH3 is 1. The first-order valence-electron chi connectivity index (χ1n) is 4.52. The minimum Gasteiger partial charge on any atom is -0.385 e. The second kappa shape index (κ2) is 4.07. The van der Waals surface area contributed by atoms with Gasteiger partial charge in [0.1, 0.15) is 0 Å². The van der Waals surface area contributed by atoms with Crippen molar-refractivity contribution < 1.29 is 4.74 Å². The van der Waals surface area contributed by atoms with Crippen LogP contribution in [-0.2, 0) is 4.74 Å². The summed E-state index contributed by atoms with van der Waals surface area (Å²) in [7, 11) is 1.76. The number of rotatable bonds is 5. The van der Waals surface area contributed by atoms with Gasteiger partial charge in [-0.15, -0.1) is 0 Å². The molecule has 1 rings (SSSR count). The van der Waals surface area contributed by atoms with Gasteiger partial charge in [-0.3, -0.25) is 0 Å². The van der Waals surface area contributed by atoms with Gasteiger partial charge in [-0.05, 0) is 37.6 Å². The van der Waals surface area contributed by atoms with Crippen molar-refractivity contribution in [2.24, 2.45) is 11.1 Å². The molecule has 1 aliphatic carbocycles. The summed E-state index contributed by atoms with van der Waals surface area (Å²) in [6, 6.07) is 0. The summed E-state index contributed by atoms with van der Waals surface area (Å²) in [6.07, 6.45) is 6.50. The Morgan fingerprint density at radius 3 is 2.55 bits per heavy atom. The van der Waals surface area contributed by atoms with Gasteiger partial charge in [0.2, 0.25) is 0 Å². The van der Waals surface area contributed by atoms with Crippen molar-refractivity contribution in [3.63, 3.8) is 0 Å².